The van der Waals surface area contributed by atoms with E-state index in [4.69, 9.17) is 17.3 Å². The highest BCUT2D eigenvalue weighted by Crippen LogP contribution is 2.27. The number of nitrogens with two attached hydrogens (primary N) is 1. The predicted molar refractivity (Wildman–Crippen MR) is 55.6 cm³/mol. The van der Waals surface area contributed by atoms with Crippen molar-refractivity contribution in [2.24, 2.45) is 5.73 Å². The van der Waals surface area contributed by atoms with Crippen LogP contribution in [0.3, 0.4) is 0 Å². The third kappa shape index (κ3) is 4.20. The summed E-state index contributed by atoms with van der Waals surface area (Å²) in [6.45, 7) is 3.62. The monoisotopic (exact) mass is 201 g/mol. The molecular weight excluding hydrogens is 186 g/mol. The number of rotatable bonds is 5. The lowest BCUT2D eigenvalue weighted by Gasteiger charge is -2.27. The summed E-state index contributed by atoms with van der Waals surface area (Å²) < 4.78 is -0.470. The fourth-order valence-corrected chi connectivity index (χ4v) is 1.79. The van der Waals surface area contributed by atoms with Crippen molar-refractivity contribution < 1.29 is 9.90 Å². The van der Waals surface area contributed by atoms with Gasteiger partial charge in [-0.05, 0) is 13.8 Å². The number of hydrogen-bond acceptors (Lipinski definition) is 3. The van der Waals surface area contributed by atoms with Crippen LogP contribution in [0, 0.1) is 12.3 Å². The molecule has 0 aromatic rings. The maximum atomic E-state index is 10.6. The Morgan fingerprint density at radius 3 is 2.69 bits per heavy atom. The van der Waals surface area contributed by atoms with E-state index >= 15 is 0 Å². The van der Waals surface area contributed by atoms with Gasteiger partial charge in [0.2, 0.25) is 0 Å². The van der Waals surface area contributed by atoms with Gasteiger partial charge in [-0.3, -0.25) is 4.79 Å². The second kappa shape index (κ2) is 5.15. The Morgan fingerprint density at radius 1 is 1.77 bits per heavy atom. The summed E-state index contributed by atoms with van der Waals surface area (Å²) in [6, 6.07) is -0.852. The molecule has 0 radical (unpaired) electrons. The highest BCUT2D eigenvalue weighted by atomic mass is 32.2. The number of carboxylic acid groups (broad SMARTS) is 1. The van der Waals surface area contributed by atoms with Crippen molar-refractivity contribution in [2.45, 2.75) is 31.1 Å². The van der Waals surface area contributed by atoms with Gasteiger partial charge in [-0.25, -0.2) is 0 Å². The second-order valence-electron chi connectivity index (χ2n) is 3.22. The van der Waals surface area contributed by atoms with Gasteiger partial charge in [-0.1, -0.05) is 0 Å². The molecule has 13 heavy (non-hydrogen) atoms. The van der Waals surface area contributed by atoms with Crippen molar-refractivity contribution in [3.63, 3.8) is 0 Å². The fourth-order valence-electron chi connectivity index (χ4n) is 0.760. The Morgan fingerprint density at radius 2 is 2.31 bits per heavy atom. The molecule has 74 valence electrons. The van der Waals surface area contributed by atoms with E-state index in [0.717, 1.165) is 5.75 Å². The quantitative estimate of drug-likeness (QED) is 0.513. The minimum absolute atomic E-state index is 0.470. The van der Waals surface area contributed by atoms with Crippen LogP contribution in [0.25, 0.3) is 0 Å². The number of thioether (sulfide) groups is 1. The van der Waals surface area contributed by atoms with Crippen molar-refractivity contribution in [2.75, 3.05) is 5.75 Å². The Bertz CT molecular complexity index is 220. The van der Waals surface area contributed by atoms with Crippen LogP contribution in [0.5, 0.6) is 0 Å². The minimum Gasteiger partial charge on any atom is -0.480 e. The van der Waals surface area contributed by atoms with Gasteiger partial charge in [0.25, 0.3) is 0 Å². The van der Waals surface area contributed by atoms with E-state index in [0.29, 0.717) is 6.42 Å². The maximum Gasteiger partial charge on any atom is 0.321 e. The van der Waals surface area contributed by atoms with Crippen molar-refractivity contribution in [1.82, 2.24) is 0 Å². The van der Waals surface area contributed by atoms with Gasteiger partial charge in [0.1, 0.15) is 6.04 Å². The Balaban J connectivity index is 4.07. The summed E-state index contributed by atoms with van der Waals surface area (Å²) in [5.41, 5.74) is 5.50. The van der Waals surface area contributed by atoms with E-state index in [1.54, 1.807) is 0 Å². The van der Waals surface area contributed by atoms with Gasteiger partial charge in [-0.15, -0.1) is 12.3 Å². The van der Waals surface area contributed by atoms with E-state index in [9.17, 15) is 4.79 Å². The number of terminal acetylenes is 1. The zero-order valence-electron chi connectivity index (χ0n) is 7.91. The summed E-state index contributed by atoms with van der Waals surface area (Å²) in [7, 11) is 0. The normalized spacial score (nSPS) is 13.4. The Kier molecular flexibility index (Phi) is 4.89. The van der Waals surface area contributed by atoms with Crippen LogP contribution in [0.4, 0.5) is 0 Å². The first-order chi connectivity index (χ1) is 5.91. The molecule has 0 amide bonds. The van der Waals surface area contributed by atoms with Crippen LogP contribution >= 0.6 is 11.8 Å². The van der Waals surface area contributed by atoms with Crippen molar-refractivity contribution in [1.29, 1.82) is 0 Å². The third-order valence-electron chi connectivity index (χ3n) is 1.74. The lowest BCUT2D eigenvalue weighted by Crippen LogP contribution is -2.46. The average Bonchev–Trinajstić information content (AvgIpc) is 2.03. The molecule has 3 nitrogen and oxygen atoms in total. The molecule has 0 rings (SSSR count). The molecule has 0 heterocycles. The van der Waals surface area contributed by atoms with E-state index in [1.807, 2.05) is 13.8 Å². The first-order valence-electron chi connectivity index (χ1n) is 3.97. The largest absolute Gasteiger partial charge is 0.480 e. The molecule has 0 aromatic heterocycles. The molecule has 0 aliphatic heterocycles. The molecule has 0 saturated carbocycles. The molecule has 3 N–H and O–H groups in total. The molecule has 4 heteroatoms. The van der Waals surface area contributed by atoms with Gasteiger partial charge >= 0.3 is 5.97 Å². The fraction of sp³-hybridized carbons (Fsp3) is 0.667. The van der Waals surface area contributed by atoms with E-state index in [-0.39, 0.29) is 0 Å². The van der Waals surface area contributed by atoms with E-state index < -0.39 is 16.8 Å². The summed E-state index contributed by atoms with van der Waals surface area (Å²) in [6.07, 6.45) is 5.72. The minimum atomic E-state index is -0.974. The van der Waals surface area contributed by atoms with Crippen LogP contribution in [0.2, 0.25) is 0 Å². The Hall–Kier alpha value is -0.660. The number of hydrogen-bond donors (Lipinski definition) is 2. The first-order valence-corrected chi connectivity index (χ1v) is 4.96. The maximum absolute atomic E-state index is 10.6. The standard InChI is InChI=1S/C9H15NO2S/c1-4-5-6-13-9(2,3)7(10)8(11)12/h1,7H,5-6,10H2,2-3H3,(H,11,12)/t7-/m0/s1. The molecule has 0 saturated heterocycles. The van der Waals surface area contributed by atoms with Crippen LogP contribution in [0.15, 0.2) is 0 Å². The highest BCUT2D eigenvalue weighted by Gasteiger charge is 2.31. The molecular formula is C9H15NO2S. The summed E-state index contributed by atoms with van der Waals surface area (Å²) in [5, 5.41) is 8.70. The highest BCUT2D eigenvalue weighted by molar-refractivity contribution is 8.00. The number of aliphatic carboxylic acids is 1. The lowest BCUT2D eigenvalue weighted by atomic mass is 10.1. The molecule has 0 bridgehead atoms. The van der Waals surface area contributed by atoms with Crippen LogP contribution < -0.4 is 5.73 Å². The van der Waals surface area contributed by atoms with Gasteiger partial charge < -0.3 is 10.8 Å². The lowest BCUT2D eigenvalue weighted by molar-refractivity contribution is -0.139. The summed E-state index contributed by atoms with van der Waals surface area (Å²) in [5.74, 6) is 2.27. The molecule has 1 atom stereocenters. The molecule has 0 aromatic carbocycles. The zero-order chi connectivity index (χ0) is 10.5. The SMILES string of the molecule is C#CCCSC(C)(C)[C@@H](N)C(=O)O. The van der Waals surface area contributed by atoms with Gasteiger partial charge in [0.05, 0.1) is 0 Å². The average molecular weight is 201 g/mol. The molecule has 0 fully saturated rings. The second-order valence-corrected chi connectivity index (χ2v) is 4.97. The zero-order valence-corrected chi connectivity index (χ0v) is 8.73. The number of carbonyl (C=O) groups is 1. The summed E-state index contributed by atoms with van der Waals surface area (Å²) in [4.78, 5) is 10.6. The Labute approximate surface area is 83.1 Å². The van der Waals surface area contributed by atoms with Crippen LogP contribution in [-0.2, 0) is 4.79 Å². The molecule has 0 spiro atoms. The first kappa shape index (κ1) is 12.3. The third-order valence-corrected chi connectivity index (χ3v) is 3.14. The van der Waals surface area contributed by atoms with Crippen LogP contribution in [-0.4, -0.2) is 27.6 Å². The van der Waals surface area contributed by atoms with Crippen molar-refractivity contribution in [3.8, 4) is 12.3 Å². The van der Waals surface area contributed by atoms with E-state index in [2.05, 4.69) is 5.92 Å². The van der Waals surface area contributed by atoms with Gasteiger partial charge in [0.15, 0.2) is 0 Å². The van der Waals surface area contributed by atoms with Crippen LogP contribution in [0.1, 0.15) is 20.3 Å². The number of carboxylic acids is 1. The van der Waals surface area contributed by atoms with Gasteiger partial charge in [-0.2, -0.15) is 11.8 Å². The van der Waals surface area contributed by atoms with Crippen molar-refractivity contribution >= 4 is 17.7 Å². The smallest absolute Gasteiger partial charge is 0.321 e. The topological polar surface area (TPSA) is 63.3 Å². The molecule has 0 aliphatic rings. The molecule has 0 unspecified atom stereocenters. The van der Waals surface area contributed by atoms with Crippen molar-refractivity contribution in [3.05, 3.63) is 0 Å². The van der Waals surface area contributed by atoms with E-state index in [1.165, 1.54) is 11.8 Å². The molecule has 0 aliphatic carbocycles. The predicted octanol–water partition coefficient (Wildman–Crippen LogP) is 0.933. The van der Waals surface area contributed by atoms with Gasteiger partial charge in [0, 0.05) is 16.9 Å². The summed E-state index contributed by atoms with van der Waals surface area (Å²) >= 11 is 1.49.